The fraction of sp³-hybridized carbons (Fsp3) is 0.148. The first-order valence-electron chi connectivity index (χ1n) is 11.3. The molecular weight excluding hydrogens is 498 g/mol. The predicted octanol–water partition coefficient (Wildman–Crippen LogP) is 5.59. The lowest BCUT2D eigenvalue weighted by molar-refractivity contribution is 0.0946. The maximum absolute atomic E-state index is 13.4. The van der Waals surface area contributed by atoms with Crippen molar-refractivity contribution in [3.63, 3.8) is 0 Å². The Morgan fingerprint density at radius 3 is 2.24 bits per heavy atom. The second-order valence-electron chi connectivity index (χ2n) is 8.05. The summed E-state index contributed by atoms with van der Waals surface area (Å²) in [4.78, 5) is 31.7. The molecule has 0 aliphatic heterocycles. The van der Waals surface area contributed by atoms with E-state index in [9.17, 15) is 18.4 Å². The normalized spacial score (nSPS) is 10.6. The number of urea groups is 1. The quantitative estimate of drug-likeness (QED) is 0.300. The Hall–Kier alpha value is -4.31. The average Bonchev–Trinajstić information content (AvgIpc) is 3.38. The molecule has 3 amide bonds. The molecule has 4 rings (SSSR count). The minimum absolute atomic E-state index is 0.119. The minimum Gasteiger partial charge on any atom is -0.495 e. The monoisotopic (exact) mass is 522 g/mol. The molecule has 0 bridgehead atoms. The van der Waals surface area contributed by atoms with Crippen molar-refractivity contribution in [1.82, 2.24) is 15.2 Å². The molecule has 0 fully saturated rings. The molecular formula is C27H24F2N4O3S. The summed E-state index contributed by atoms with van der Waals surface area (Å²) in [5.74, 6) is -0.591. The Morgan fingerprint density at radius 2 is 1.57 bits per heavy atom. The van der Waals surface area contributed by atoms with Crippen molar-refractivity contribution in [1.29, 1.82) is 0 Å². The maximum atomic E-state index is 13.4. The highest BCUT2D eigenvalue weighted by atomic mass is 32.1. The summed E-state index contributed by atoms with van der Waals surface area (Å²) in [5.41, 5.74) is 2.20. The van der Waals surface area contributed by atoms with Gasteiger partial charge in [0.05, 0.1) is 19.3 Å². The summed E-state index contributed by atoms with van der Waals surface area (Å²) < 4.78 is 31.8. The van der Waals surface area contributed by atoms with Gasteiger partial charge in [-0.1, -0.05) is 36.4 Å². The lowest BCUT2D eigenvalue weighted by Gasteiger charge is -2.23. The highest BCUT2D eigenvalue weighted by Gasteiger charge is 2.19. The lowest BCUT2D eigenvalue weighted by Crippen LogP contribution is -2.34. The summed E-state index contributed by atoms with van der Waals surface area (Å²) in [5, 5.41) is 7.76. The third-order valence-corrected chi connectivity index (χ3v) is 6.23. The number of amides is 3. The largest absolute Gasteiger partial charge is 0.495 e. The molecule has 0 saturated carbocycles. The number of nitrogens with zero attached hydrogens (tertiary/aromatic N) is 2. The van der Waals surface area contributed by atoms with Crippen molar-refractivity contribution in [3.8, 4) is 5.75 Å². The molecule has 4 aromatic rings. The molecule has 190 valence electrons. The van der Waals surface area contributed by atoms with Gasteiger partial charge in [0.15, 0.2) is 0 Å². The van der Waals surface area contributed by atoms with Gasteiger partial charge in [-0.3, -0.25) is 4.79 Å². The number of hydrogen-bond acceptors (Lipinski definition) is 5. The topological polar surface area (TPSA) is 83.6 Å². The fourth-order valence-electron chi connectivity index (χ4n) is 3.48. The van der Waals surface area contributed by atoms with Gasteiger partial charge in [-0.25, -0.2) is 18.6 Å². The van der Waals surface area contributed by atoms with E-state index in [1.807, 2.05) is 0 Å². The van der Waals surface area contributed by atoms with Crippen molar-refractivity contribution in [2.45, 2.75) is 19.6 Å². The first-order chi connectivity index (χ1) is 17.9. The van der Waals surface area contributed by atoms with Crippen LogP contribution in [0, 0.1) is 11.6 Å². The number of rotatable bonds is 9. The standard InChI is InChI=1S/C27H24F2N4O3S/c1-36-24-5-3-2-4-22(24)32-27(35)33(15-19-8-12-21(29)13-9-19)16-25-31-23(17-37-25)26(34)30-14-18-6-10-20(28)11-7-18/h2-13,17H,14-16H2,1H3,(H,30,34)(H,32,35). The van der Waals surface area contributed by atoms with Crippen LogP contribution < -0.4 is 15.4 Å². The SMILES string of the molecule is COc1ccccc1NC(=O)N(Cc1ccc(F)cc1)Cc1nc(C(=O)NCc2ccc(F)cc2)cs1. The van der Waals surface area contributed by atoms with Gasteiger partial charge in [0.2, 0.25) is 0 Å². The van der Waals surface area contributed by atoms with Crippen LogP contribution in [0.2, 0.25) is 0 Å². The molecule has 0 unspecified atom stereocenters. The summed E-state index contributed by atoms with van der Waals surface area (Å²) in [6, 6.07) is 18.3. The highest BCUT2D eigenvalue weighted by molar-refractivity contribution is 7.09. The van der Waals surface area contributed by atoms with Crippen molar-refractivity contribution in [3.05, 3.63) is 112 Å². The molecule has 7 nitrogen and oxygen atoms in total. The molecule has 1 aromatic heterocycles. The van der Waals surface area contributed by atoms with Gasteiger partial charge in [0, 0.05) is 18.5 Å². The number of para-hydroxylation sites is 2. The van der Waals surface area contributed by atoms with Crippen LogP contribution in [0.5, 0.6) is 5.75 Å². The van der Waals surface area contributed by atoms with Crippen molar-refractivity contribution >= 4 is 29.0 Å². The van der Waals surface area contributed by atoms with Crippen LogP contribution in [0.3, 0.4) is 0 Å². The molecule has 0 aliphatic rings. The van der Waals surface area contributed by atoms with Crippen molar-refractivity contribution < 1.29 is 23.1 Å². The third kappa shape index (κ3) is 7.11. The first-order valence-corrected chi connectivity index (χ1v) is 12.2. The number of nitrogens with one attached hydrogen (secondary N) is 2. The lowest BCUT2D eigenvalue weighted by atomic mass is 10.2. The number of thiazole rings is 1. The summed E-state index contributed by atoms with van der Waals surface area (Å²) in [6.07, 6.45) is 0. The van der Waals surface area contributed by atoms with Crippen LogP contribution in [0.25, 0.3) is 0 Å². The van der Waals surface area contributed by atoms with E-state index in [-0.39, 0.29) is 42.9 Å². The predicted molar refractivity (Wildman–Crippen MR) is 137 cm³/mol. The van der Waals surface area contributed by atoms with Gasteiger partial charge in [0.25, 0.3) is 5.91 Å². The van der Waals surface area contributed by atoms with Crippen LogP contribution in [-0.4, -0.2) is 28.9 Å². The van der Waals surface area contributed by atoms with Gasteiger partial charge in [-0.2, -0.15) is 0 Å². The van der Waals surface area contributed by atoms with Gasteiger partial charge >= 0.3 is 6.03 Å². The Labute approximate surface area is 216 Å². The number of benzene rings is 3. The zero-order valence-corrected chi connectivity index (χ0v) is 20.7. The zero-order chi connectivity index (χ0) is 26.2. The van der Waals surface area contributed by atoms with Crippen LogP contribution in [0.15, 0.2) is 78.2 Å². The second kappa shape index (κ2) is 12.1. The number of anilines is 1. The Morgan fingerprint density at radius 1 is 0.919 bits per heavy atom. The molecule has 0 radical (unpaired) electrons. The van der Waals surface area contributed by atoms with Crippen LogP contribution in [-0.2, 0) is 19.6 Å². The van der Waals surface area contributed by atoms with E-state index in [0.717, 1.165) is 11.1 Å². The van der Waals surface area contributed by atoms with E-state index >= 15 is 0 Å². The Balaban J connectivity index is 1.46. The van der Waals surface area contributed by atoms with E-state index < -0.39 is 6.03 Å². The number of carbonyl (C=O) groups excluding carboxylic acids is 2. The number of methoxy groups -OCH3 is 1. The Kier molecular flexibility index (Phi) is 8.42. The number of hydrogen-bond donors (Lipinski definition) is 2. The van der Waals surface area contributed by atoms with Crippen molar-refractivity contribution in [2.75, 3.05) is 12.4 Å². The number of ether oxygens (including phenoxy) is 1. The molecule has 2 N–H and O–H groups in total. The maximum Gasteiger partial charge on any atom is 0.322 e. The highest BCUT2D eigenvalue weighted by Crippen LogP contribution is 2.24. The number of halogens is 2. The van der Waals surface area contributed by atoms with Crippen LogP contribution >= 0.6 is 11.3 Å². The average molecular weight is 523 g/mol. The minimum atomic E-state index is -0.411. The smallest absolute Gasteiger partial charge is 0.322 e. The summed E-state index contributed by atoms with van der Waals surface area (Å²) in [6.45, 7) is 0.533. The number of carbonyl (C=O) groups is 2. The first kappa shape index (κ1) is 25.8. The Bertz CT molecular complexity index is 1360. The summed E-state index contributed by atoms with van der Waals surface area (Å²) in [7, 11) is 1.51. The van der Waals surface area contributed by atoms with E-state index in [2.05, 4.69) is 15.6 Å². The zero-order valence-electron chi connectivity index (χ0n) is 19.9. The molecule has 37 heavy (non-hydrogen) atoms. The van der Waals surface area contributed by atoms with E-state index in [4.69, 9.17) is 4.74 Å². The molecule has 0 spiro atoms. The summed E-state index contributed by atoms with van der Waals surface area (Å²) >= 11 is 1.25. The van der Waals surface area contributed by atoms with E-state index in [1.54, 1.807) is 53.9 Å². The van der Waals surface area contributed by atoms with Crippen molar-refractivity contribution in [2.24, 2.45) is 0 Å². The molecule has 3 aromatic carbocycles. The second-order valence-corrected chi connectivity index (χ2v) is 8.99. The van der Waals surface area contributed by atoms with E-state index in [0.29, 0.717) is 16.4 Å². The van der Waals surface area contributed by atoms with Gasteiger partial charge in [0.1, 0.15) is 28.1 Å². The van der Waals surface area contributed by atoms with Gasteiger partial charge in [-0.05, 0) is 47.5 Å². The van der Waals surface area contributed by atoms with Crippen LogP contribution in [0.4, 0.5) is 19.3 Å². The molecule has 0 atom stereocenters. The van der Waals surface area contributed by atoms with Gasteiger partial charge < -0.3 is 20.3 Å². The van der Waals surface area contributed by atoms with E-state index in [1.165, 1.54) is 47.6 Å². The third-order valence-electron chi connectivity index (χ3n) is 5.40. The number of aromatic nitrogens is 1. The van der Waals surface area contributed by atoms with Gasteiger partial charge in [-0.15, -0.1) is 11.3 Å². The molecule has 1 heterocycles. The molecule has 10 heteroatoms. The molecule has 0 saturated heterocycles. The van der Waals surface area contributed by atoms with Crippen LogP contribution in [0.1, 0.15) is 26.6 Å². The fourth-order valence-corrected chi connectivity index (χ4v) is 4.27. The molecule has 0 aliphatic carbocycles.